The molecular weight excluding hydrogens is 186 g/mol. The zero-order chi connectivity index (χ0) is 10.1. The summed E-state index contributed by atoms with van der Waals surface area (Å²) in [6.07, 6.45) is 1.82. The number of carbonyl (C=O) groups is 1. The van der Waals surface area contributed by atoms with Crippen LogP contribution in [-0.4, -0.2) is 13.1 Å². The van der Waals surface area contributed by atoms with Gasteiger partial charge in [-0.05, 0) is 0 Å². The SMILES string of the molecule is COC(=O)c1c[n+](C(C)(C)C)cs1. The van der Waals surface area contributed by atoms with Crippen LogP contribution in [0.15, 0.2) is 11.7 Å². The second-order valence-electron chi connectivity index (χ2n) is 3.79. The quantitative estimate of drug-likeness (QED) is 0.509. The minimum Gasteiger partial charge on any atom is -0.465 e. The molecule has 3 nitrogen and oxygen atoms in total. The molecule has 0 amide bonds. The summed E-state index contributed by atoms with van der Waals surface area (Å²) in [7, 11) is 1.39. The van der Waals surface area contributed by atoms with Gasteiger partial charge >= 0.3 is 5.97 Å². The van der Waals surface area contributed by atoms with Gasteiger partial charge in [-0.3, -0.25) is 0 Å². The largest absolute Gasteiger partial charge is 0.465 e. The third-order valence-corrected chi connectivity index (χ3v) is 2.57. The van der Waals surface area contributed by atoms with E-state index < -0.39 is 0 Å². The van der Waals surface area contributed by atoms with Gasteiger partial charge in [0.2, 0.25) is 5.51 Å². The van der Waals surface area contributed by atoms with Crippen LogP contribution in [0, 0.1) is 0 Å². The monoisotopic (exact) mass is 200 g/mol. The molecule has 0 saturated heterocycles. The van der Waals surface area contributed by atoms with E-state index in [4.69, 9.17) is 0 Å². The Morgan fingerprint density at radius 3 is 2.54 bits per heavy atom. The summed E-state index contributed by atoms with van der Waals surface area (Å²) in [6.45, 7) is 6.25. The van der Waals surface area contributed by atoms with E-state index >= 15 is 0 Å². The average Bonchev–Trinajstić information content (AvgIpc) is 2.50. The highest BCUT2D eigenvalue weighted by molar-refractivity contribution is 7.11. The van der Waals surface area contributed by atoms with E-state index in [2.05, 4.69) is 25.5 Å². The lowest BCUT2D eigenvalue weighted by Gasteiger charge is -2.08. The Bertz CT molecular complexity index is 312. The molecule has 0 aliphatic heterocycles. The molecule has 0 saturated carbocycles. The highest BCUT2D eigenvalue weighted by atomic mass is 32.1. The number of ether oxygens (including phenoxy) is 1. The average molecular weight is 200 g/mol. The van der Waals surface area contributed by atoms with Crippen LogP contribution in [0.2, 0.25) is 0 Å². The van der Waals surface area contributed by atoms with E-state index in [0.29, 0.717) is 4.88 Å². The molecule has 0 aromatic carbocycles. The van der Waals surface area contributed by atoms with Gasteiger partial charge in [0.05, 0.1) is 7.11 Å². The van der Waals surface area contributed by atoms with Gasteiger partial charge in [0.25, 0.3) is 0 Å². The topological polar surface area (TPSA) is 30.2 Å². The van der Waals surface area contributed by atoms with Crippen LogP contribution < -0.4 is 4.57 Å². The summed E-state index contributed by atoms with van der Waals surface area (Å²) in [5.74, 6) is -0.270. The summed E-state index contributed by atoms with van der Waals surface area (Å²) in [5, 5.41) is 0. The zero-order valence-corrected chi connectivity index (χ0v) is 9.14. The van der Waals surface area contributed by atoms with Crippen LogP contribution in [0.25, 0.3) is 0 Å². The van der Waals surface area contributed by atoms with Crippen molar-refractivity contribution >= 4 is 17.3 Å². The first-order chi connectivity index (χ1) is 5.95. The van der Waals surface area contributed by atoms with Crippen LogP contribution in [0.5, 0.6) is 0 Å². The number of esters is 1. The van der Waals surface area contributed by atoms with Crippen molar-refractivity contribution in [2.45, 2.75) is 26.3 Å². The van der Waals surface area contributed by atoms with Crippen molar-refractivity contribution < 1.29 is 14.1 Å². The number of nitrogens with zero attached hydrogens (tertiary/aromatic N) is 1. The number of thiazole rings is 1. The molecule has 1 aromatic rings. The maximum atomic E-state index is 11.1. The number of carbonyl (C=O) groups excluding carboxylic acids is 1. The molecule has 1 rings (SSSR count). The number of methoxy groups -OCH3 is 1. The van der Waals surface area contributed by atoms with Gasteiger partial charge < -0.3 is 4.74 Å². The molecule has 0 N–H and O–H groups in total. The number of rotatable bonds is 1. The van der Waals surface area contributed by atoms with Crippen molar-refractivity contribution in [2.24, 2.45) is 0 Å². The molecule has 0 atom stereocenters. The first-order valence-electron chi connectivity index (χ1n) is 4.04. The van der Waals surface area contributed by atoms with Crippen molar-refractivity contribution in [3.63, 3.8) is 0 Å². The number of hydrogen-bond donors (Lipinski definition) is 0. The third-order valence-electron chi connectivity index (χ3n) is 1.71. The van der Waals surface area contributed by atoms with E-state index in [9.17, 15) is 4.79 Å². The fourth-order valence-corrected chi connectivity index (χ4v) is 1.81. The lowest BCUT2D eigenvalue weighted by atomic mass is 10.1. The maximum absolute atomic E-state index is 11.1. The second kappa shape index (κ2) is 3.46. The van der Waals surface area contributed by atoms with Crippen LogP contribution >= 0.6 is 11.3 Å². The highest BCUT2D eigenvalue weighted by Crippen LogP contribution is 2.11. The maximum Gasteiger partial charge on any atom is 0.354 e. The van der Waals surface area contributed by atoms with Crippen LogP contribution in [0.3, 0.4) is 0 Å². The lowest BCUT2D eigenvalue weighted by molar-refractivity contribution is -0.749. The summed E-state index contributed by atoms with van der Waals surface area (Å²) in [5.41, 5.74) is 1.94. The number of aromatic nitrogens is 1. The van der Waals surface area contributed by atoms with Crippen molar-refractivity contribution in [1.82, 2.24) is 0 Å². The molecular formula is C9H14NO2S+. The van der Waals surface area contributed by atoms with Crippen LogP contribution in [0.4, 0.5) is 0 Å². The molecule has 0 radical (unpaired) electrons. The molecule has 0 unspecified atom stereocenters. The minimum atomic E-state index is -0.270. The van der Waals surface area contributed by atoms with Crippen molar-refractivity contribution in [2.75, 3.05) is 7.11 Å². The van der Waals surface area contributed by atoms with E-state index in [-0.39, 0.29) is 11.5 Å². The molecule has 1 heterocycles. The fraction of sp³-hybridized carbons (Fsp3) is 0.556. The van der Waals surface area contributed by atoms with Crippen molar-refractivity contribution in [3.05, 3.63) is 16.6 Å². The summed E-state index contributed by atoms with van der Waals surface area (Å²) < 4.78 is 6.62. The van der Waals surface area contributed by atoms with Gasteiger partial charge in [-0.1, -0.05) is 11.3 Å². The van der Waals surface area contributed by atoms with E-state index in [1.54, 1.807) is 0 Å². The third kappa shape index (κ3) is 2.28. The Hall–Kier alpha value is -0.900. The Morgan fingerprint density at radius 1 is 1.54 bits per heavy atom. The summed E-state index contributed by atoms with van der Waals surface area (Å²) >= 11 is 1.40. The highest BCUT2D eigenvalue weighted by Gasteiger charge is 2.25. The summed E-state index contributed by atoms with van der Waals surface area (Å²) in [6, 6.07) is 0. The van der Waals surface area contributed by atoms with Gasteiger partial charge in [0.1, 0.15) is 0 Å². The van der Waals surface area contributed by atoms with Gasteiger partial charge in [0, 0.05) is 20.8 Å². The normalized spacial score (nSPS) is 11.4. The van der Waals surface area contributed by atoms with Gasteiger partial charge in [-0.2, -0.15) is 4.57 Å². The van der Waals surface area contributed by atoms with E-state index in [1.165, 1.54) is 18.4 Å². The molecule has 4 heteroatoms. The van der Waals surface area contributed by atoms with Gasteiger partial charge in [-0.15, -0.1) is 0 Å². The van der Waals surface area contributed by atoms with Gasteiger partial charge in [-0.25, -0.2) is 4.79 Å². The smallest absolute Gasteiger partial charge is 0.354 e. The Kier molecular flexibility index (Phi) is 2.71. The first-order valence-corrected chi connectivity index (χ1v) is 4.91. The van der Waals surface area contributed by atoms with Gasteiger partial charge in [0.15, 0.2) is 16.6 Å². The Balaban J connectivity index is 2.93. The fourth-order valence-electron chi connectivity index (χ4n) is 0.854. The lowest BCUT2D eigenvalue weighted by Crippen LogP contribution is -2.48. The first kappa shape index (κ1) is 10.2. The second-order valence-corrected chi connectivity index (χ2v) is 4.67. The van der Waals surface area contributed by atoms with Crippen LogP contribution in [0.1, 0.15) is 30.4 Å². The molecule has 0 fully saturated rings. The Labute approximate surface area is 82.0 Å². The predicted octanol–water partition coefficient (Wildman–Crippen LogP) is 1.58. The molecule has 0 aliphatic rings. The zero-order valence-electron chi connectivity index (χ0n) is 8.33. The molecule has 1 aromatic heterocycles. The van der Waals surface area contributed by atoms with E-state index in [1.807, 2.05) is 16.3 Å². The molecule has 13 heavy (non-hydrogen) atoms. The van der Waals surface area contributed by atoms with E-state index in [0.717, 1.165) is 0 Å². The summed E-state index contributed by atoms with van der Waals surface area (Å²) in [4.78, 5) is 11.8. The molecule has 0 aliphatic carbocycles. The number of hydrogen-bond acceptors (Lipinski definition) is 3. The van der Waals surface area contributed by atoms with Crippen molar-refractivity contribution in [3.8, 4) is 0 Å². The predicted molar refractivity (Wildman–Crippen MR) is 50.8 cm³/mol. The van der Waals surface area contributed by atoms with Crippen LogP contribution in [-0.2, 0) is 10.3 Å². The van der Waals surface area contributed by atoms with Crippen molar-refractivity contribution in [1.29, 1.82) is 0 Å². The molecule has 0 bridgehead atoms. The molecule has 0 spiro atoms. The minimum absolute atomic E-state index is 0.0166. The standard InChI is InChI=1S/C9H14NO2S/c1-9(2,3)10-5-7(13-6-10)8(11)12-4/h5-6H,1-4H3/q+1. The molecule has 72 valence electrons. The Morgan fingerprint density at radius 2 is 2.15 bits per heavy atom.